The molecule has 2 rings (SSSR count). The number of nitrogens with zero attached hydrogens (tertiary/aromatic N) is 1. The molecule has 0 radical (unpaired) electrons. The molecule has 0 saturated heterocycles. The second-order valence-corrected chi connectivity index (χ2v) is 7.82. The van der Waals surface area contributed by atoms with E-state index >= 15 is 0 Å². The van der Waals surface area contributed by atoms with Crippen LogP contribution < -0.4 is 5.32 Å². The van der Waals surface area contributed by atoms with Crippen LogP contribution in [0.1, 0.15) is 38.2 Å². The number of nitrogens with one attached hydrogen (secondary N) is 1. The fourth-order valence-electron chi connectivity index (χ4n) is 3.13. The van der Waals surface area contributed by atoms with Crippen LogP contribution in [-0.4, -0.2) is 38.4 Å². The van der Waals surface area contributed by atoms with E-state index in [1.54, 1.807) is 23.5 Å². The Kier molecular flexibility index (Phi) is 5.41. The van der Waals surface area contributed by atoms with E-state index in [2.05, 4.69) is 12.2 Å². The topological polar surface area (TPSA) is 49.4 Å². The first-order chi connectivity index (χ1) is 9.96. The quantitative estimate of drug-likeness (QED) is 0.909. The maximum absolute atomic E-state index is 12.8. The van der Waals surface area contributed by atoms with Crippen molar-refractivity contribution in [2.75, 3.05) is 13.6 Å². The summed E-state index contributed by atoms with van der Waals surface area (Å²) in [5, 5.41) is 3.46. The third-order valence-corrected chi connectivity index (χ3v) is 6.52. The van der Waals surface area contributed by atoms with Gasteiger partial charge < -0.3 is 5.32 Å². The normalized spacial score (nSPS) is 23.4. The Balaban J connectivity index is 2.10. The molecule has 1 N–H and O–H groups in total. The minimum absolute atomic E-state index is 0.115. The van der Waals surface area contributed by atoms with Gasteiger partial charge in [-0.1, -0.05) is 25.1 Å². The molecule has 0 spiro atoms. The van der Waals surface area contributed by atoms with E-state index in [4.69, 9.17) is 0 Å². The standard InChI is InChI=1S/C16H26N2O2S/c1-4-17-14-9-11-15(12-10-14)18(3)21(19,20)16-8-6-5-7-13(16)2/h5-8,14-15,17H,4,9-12H2,1-3H3. The first-order valence-corrected chi connectivity index (χ1v) is 9.18. The molecule has 5 heteroatoms. The van der Waals surface area contributed by atoms with Crippen molar-refractivity contribution in [3.63, 3.8) is 0 Å². The third-order valence-electron chi connectivity index (χ3n) is 4.45. The summed E-state index contributed by atoms with van der Waals surface area (Å²) in [5.41, 5.74) is 0.811. The molecule has 0 aromatic heterocycles. The van der Waals surface area contributed by atoms with Crippen LogP contribution in [0.25, 0.3) is 0 Å². The number of rotatable bonds is 5. The largest absolute Gasteiger partial charge is 0.314 e. The van der Waals surface area contributed by atoms with Crippen molar-refractivity contribution in [3.8, 4) is 0 Å². The van der Waals surface area contributed by atoms with Gasteiger partial charge in [0, 0.05) is 19.1 Å². The number of aryl methyl sites for hydroxylation is 1. The summed E-state index contributed by atoms with van der Waals surface area (Å²) in [6, 6.07) is 7.87. The average Bonchev–Trinajstić information content (AvgIpc) is 2.48. The molecule has 1 aliphatic rings. The summed E-state index contributed by atoms with van der Waals surface area (Å²) in [6.45, 7) is 4.94. The van der Waals surface area contributed by atoms with Gasteiger partial charge in [0.2, 0.25) is 10.0 Å². The van der Waals surface area contributed by atoms with Gasteiger partial charge in [-0.3, -0.25) is 0 Å². The molecule has 1 aromatic carbocycles. The Morgan fingerprint density at radius 2 is 1.81 bits per heavy atom. The smallest absolute Gasteiger partial charge is 0.243 e. The SMILES string of the molecule is CCNC1CCC(N(C)S(=O)(=O)c2ccccc2C)CC1. The van der Waals surface area contributed by atoms with Crippen LogP contribution in [0.2, 0.25) is 0 Å². The predicted octanol–water partition coefficient (Wildman–Crippen LogP) is 2.54. The second-order valence-electron chi connectivity index (χ2n) is 5.85. The molecule has 1 aliphatic carbocycles. The molecule has 4 nitrogen and oxygen atoms in total. The first kappa shape index (κ1) is 16.5. The highest BCUT2D eigenvalue weighted by Crippen LogP contribution is 2.27. The van der Waals surface area contributed by atoms with E-state index in [-0.39, 0.29) is 6.04 Å². The first-order valence-electron chi connectivity index (χ1n) is 7.74. The lowest BCUT2D eigenvalue weighted by molar-refractivity contribution is 0.251. The lowest BCUT2D eigenvalue weighted by atomic mass is 9.91. The molecule has 1 fully saturated rings. The number of hydrogen-bond acceptors (Lipinski definition) is 3. The highest BCUT2D eigenvalue weighted by atomic mass is 32.2. The molecule has 118 valence electrons. The van der Waals surface area contributed by atoms with Gasteiger partial charge in [0.1, 0.15) is 0 Å². The fraction of sp³-hybridized carbons (Fsp3) is 0.625. The zero-order chi connectivity index (χ0) is 15.5. The Hall–Kier alpha value is -0.910. The summed E-state index contributed by atoms with van der Waals surface area (Å²) in [7, 11) is -1.66. The Morgan fingerprint density at radius 1 is 1.19 bits per heavy atom. The van der Waals surface area contributed by atoms with E-state index in [1.165, 1.54) is 0 Å². The van der Waals surface area contributed by atoms with Gasteiger partial charge in [0.05, 0.1) is 4.90 Å². The third kappa shape index (κ3) is 3.65. The highest BCUT2D eigenvalue weighted by molar-refractivity contribution is 7.89. The lowest BCUT2D eigenvalue weighted by Crippen LogP contribution is -2.43. The zero-order valence-corrected chi connectivity index (χ0v) is 14.0. The van der Waals surface area contributed by atoms with Gasteiger partial charge in [-0.05, 0) is 50.8 Å². The molecule has 0 bridgehead atoms. The summed E-state index contributed by atoms with van der Waals surface area (Å²) >= 11 is 0. The monoisotopic (exact) mass is 310 g/mol. The van der Waals surface area contributed by atoms with Crippen LogP contribution in [0, 0.1) is 6.92 Å². The van der Waals surface area contributed by atoms with Crippen LogP contribution in [0.15, 0.2) is 29.2 Å². The van der Waals surface area contributed by atoms with Crippen LogP contribution in [0.5, 0.6) is 0 Å². The Bertz CT molecular complexity index is 563. The van der Waals surface area contributed by atoms with Gasteiger partial charge in [0.15, 0.2) is 0 Å². The number of benzene rings is 1. The van der Waals surface area contributed by atoms with E-state index < -0.39 is 10.0 Å². The van der Waals surface area contributed by atoms with Crippen molar-refractivity contribution < 1.29 is 8.42 Å². The van der Waals surface area contributed by atoms with E-state index in [0.29, 0.717) is 10.9 Å². The van der Waals surface area contributed by atoms with Crippen molar-refractivity contribution in [3.05, 3.63) is 29.8 Å². The van der Waals surface area contributed by atoms with Crippen LogP contribution >= 0.6 is 0 Å². The number of hydrogen-bond donors (Lipinski definition) is 1. The minimum Gasteiger partial charge on any atom is -0.314 e. The Morgan fingerprint density at radius 3 is 2.38 bits per heavy atom. The lowest BCUT2D eigenvalue weighted by Gasteiger charge is -2.34. The van der Waals surface area contributed by atoms with Gasteiger partial charge >= 0.3 is 0 Å². The van der Waals surface area contributed by atoms with Gasteiger partial charge in [-0.15, -0.1) is 0 Å². The van der Waals surface area contributed by atoms with E-state index in [1.807, 2.05) is 19.1 Å². The predicted molar refractivity (Wildman–Crippen MR) is 85.8 cm³/mol. The maximum Gasteiger partial charge on any atom is 0.243 e. The molecule has 0 aliphatic heterocycles. The molecule has 1 aromatic rings. The van der Waals surface area contributed by atoms with Crippen LogP contribution in [0.3, 0.4) is 0 Å². The highest BCUT2D eigenvalue weighted by Gasteiger charge is 2.31. The van der Waals surface area contributed by atoms with Crippen LogP contribution in [-0.2, 0) is 10.0 Å². The molecule has 1 saturated carbocycles. The molecule has 0 atom stereocenters. The minimum atomic E-state index is -3.39. The Labute approximate surface area is 128 Å². The fourth-order valence-corrected chi connectivity index (χ4v) is 4.77. The van der Waals surface area contributed by atoms with Gasteiger partial charge in [-0.25, -0.2) is 8.42 Å². The van der Waals surface area contributed by atoms with Crippen molar-refractivity contribution in [2.45, 2.75) is 56.5 Å². The van der Waals surface area contributed by atoms with Crippen molar-refractivity contribution in [2.24, 2.45) is 0 Å². The van der Waals surface area contributed by atoms with Gasteiger partial charge in [0.25, 0.3) is 0 Å². The van der Waals surface area contributed by atoms with E-state index in [9.17, 15) is 8.42 Å². The molecule has 0 amide bonds. The number of sulfonamides is 1. The van der Waals surface area contributed by atoms with Crippen molar-refractivity contribution in [1.82, 2.24) is 9.62 Å². The zero-order valence-electron chi connectivity index (χ0n) is 13.2. The maximum atomic E-state index is 12.8. The molecule has 0 heterocycles. The summed E-state index contributed by atoms with van der Waals surface area (Å²) in [4.78, 5) is 0.432. The molecule has 0 unspecified atom stereocenters. The molecular weight excluding hydrogens is 284 g/mol. The molecule has 21 heavy (non-hydrogen) atoms. The summed E-state index contributed by atoms with van der Waals surface area (Å²) in [5.74, 6) is 0. The second kappa shape index (κ2) is 6.90. The summed E-state index contributed by atoms with van der Waals surface area (Å²) in [6.07, 6.45) is 3.96. The van der Waals surface area contributed by atoms with Crippen molar-refractivity contribution in [1.29, 1.82) is 0 Å². The molecular formula is C16H26N2O2S. The average molecular weight is 310 g/mol. The van der Waals surface area contributed by atoms with E-state index in [0.717, 1.165) is 37.8 Å². The van der Waals surface area contributed by atoms with Gasteiger partial charge in [-0.2, -0.15) is 4.31 Å². The summed E-state index contributed by atoms with van der Waals surface area (Å²) < 4.78 is 27.1. The van der Waals surface area contributed by atoms with Crippen LogP contribution in [0.4, 0.5) is 0 Å². The van der Waals surface area contributed by atoms with Crippen molar-refractivity contribution >= 4 is 10.0 Å².